The summed E-state index contributed by atoms with van der Waals surface area (Å²) in [6.45, 7) is 0. The molecule has 0 bridgehead atoms. The lowest BCUT2D eigenvalue weighted by atomic mass is 10.1. The fraction of sp³-hybridized carbons (Fsp3) is 0.133. The molecule has 22 heavy (non-hydrogen) atoms. The number of benzene rings is 2. The van der Waals surface area contributed by atoms with Crippen molar-refractivity contribution in [1.82, 2.24) is 9.78 Å². The third-order valence-corrected chi connectivity index (χ3v) is 3.65. The molecule has 0 aliphatic carbocycles. The summed E-state index contributed by atoms with van der Waals surface area (Å²) in [5.41, 5.74) is 2.05. The van der Waals surface area contributed by atoms with Gasteiger partial charge in [0.1, 0.15) is 11.4 Å². The highest BCUT2D eigenvalue weighted by atomic mass is 79.9. The Labute approximate surface area is 132 Å². The van der Waals surface area contributed by atoms with E-state index in [9.17, 15) is 13.2 Å². The molecule has 0 radical (unpaired) electrons. The van der Waals surface area contributed by atoms with Crippen LogP contribution in [0, 0.1) is 0 Å². The van der Waals surface area contributed by atoms with Gasteiger partial charge in [-0.3, -0.25) is 4.68 Å². The largest absolute Gasteiger partial charge is 0.573 e. The minimum Gasteiger partial charge on any atom is -0.406 e. The Morgan fingerprint density at radius 2 is 1.91 bits per heavy atom. The third kappa shape index (κ3) is 2.94. The predicted molar refractivity (Wildman–Crippen MR) is 80.5 cm³/mol. The van der Waals surface area contributed by atoms with Gasteiger partial charge in [0.05, 0.1) is 5.52 Å². The summed E-state index contributed by atoms with van der Waals surface area (Å²) in [7, 11) is 1.79. The van der Waals surface area contributed by atoms with Gasteiger partial charge in [0.2, 0.25) is 0 Å². The number of fused-ring (bicyclic) bond motifs is 1. The summed E-state index contributed by atoms with van der Waals surface area (Å²) in [5.74, 6) is -0.265. The molecule has 1 heterocycles. The van der Waals surface area contributed by atoms with Crippen molar-refractivity contribution in [3.05, 3.63) is 46.9 Å². The molecule has 1 aromatic heterocycles. The summed E-state index contributed by atoms with van der Waals surface area (Å²) < 4.78 is 43.5. The Morgan fingerprint density at radius 3 is 2.64 bits per heavy atom. The van der Waals surface area contributed by atoms with Crippen LogP contribution in [0.4, 0.5) is 13.2 Å². The molecule has 3 aromatic rings. The smallest absolute Gasteiger partial charge is 0.406 e. The van der Waals surface area contributed by atoms with Crippen LogP contribution in [0.1, 0.15) is 0 Å². The van der Waals surface area contributed by atoms with Gasteiger partial charge in [-0.2, -0.15) is 5.10 Å². The van der Waals surface area contributed by atoms with Crippen LogP contribution >= 0.6 is 15.9 Å². The lowest BCUT2D eigenvalue weighted by molar-refractivity contribution is -0.274. The molecule has 7 heteroatoms. The number of ether oxygens (including phenoxy) is 1. The first-order chi connectivity index (χ1) is 10.3. The Balaban J connectivity index is 2.12. The zero-order valence-electron chi connectivity index (χ0n) is 11.4. The van der Waals surface area contributed by atoms with Crippen molar-refractivity contribution in [2.45, 2.75) is 6.36 Å². The number of halogens is 4. The Morgan fingerprint density at radius 1 is 1.14 bits per heavy atom. The number of aryl methyl sites for hydroxylation is 1. The number of rotatable bonds is 2. The van der Waals surface area contributed by atoms with E-state index in [4.69, 9.17) is 0 Å². The standard InChI is InChI=1S/C15H10BrF3N2O/c1-21-13-6-5-10(16)8-12(13)14(20-21)9-3-2-4-11(7-9)22-15(17,18)19/h2-8H,1H3. The number of nitrogens with zero attached hydrogens (tertiary/aromatic N) is 2. The molecule has 3 rings (SSSR count). The van der Waals surface area contributed by atoms with E-state index < -0.39 is 6.36 Å². The van der Waals surface area contributed by atoms with Crippen molar-refractivity contribution < 1.29 is 17.9 Å². The van der Waals surface area contributed by atoms with Gasteiger partial charge < -0.3 is 4.74 Å². The third-order valence-electron chi connectivity index (χ3n) is 3.15. The van der Waals surface area contributed by atoms with Crippen LogP contribution in [0.5, 0.6) is 5.75 Å². The number of alkyl halides is 3. The minimum atomic E-state index is -4.71. The van der Waals surface area contributed by atoms with Crippen LogP contribution in [0.25, 0.3) is 22.2 Å². The van der Waals surface area contributed by atoms with Crippen LogP contribution in [0.15, 0.2) is 46.9 Å². The average molecular weight is 371 g/mol. The molecule has 0 fully saturated rings. The van der Waals surface area contributed by atoms with Gasteiger partial charge in [-0.15, -0.1) is 13.2 Å². The molecule has 0 unspecified atom stereocenters. The predicted octanol–water partition coefficient (Wildman–Crippen LogP) is 4.90. The second-order valence-corrected chi connectivity index (χ2v) is 5.62. The van der Waals surface area contributed by atoms with E-state index in [0.29, 0.717) is 11.3 Å². The normalized spacial score (nSPS) is 11.9. The van der Waals surface area contributed by atoms with Gasteiger partial charge >= 0.3 is 6.36 Å². The maximum atomic E-state index is 12.3. The molecule has 2 aromatic carbocycles. The van der Waals surface area contributed by atoms with E-state index in [1.54, 1.807) is 17.8 Å². The van der Waals surface area contributed by atoms with Crippen molar-refractivity contribution in [2.75, 3.05) is 0 Å². The van der Waals surface area contributed by atoms with Gasteiger partial charge in [0.25, 0.3) is 0 Å². The summed E-state index contributed by atoms with van der Waals surface area (Å²) >= 11 is 3.39. The first-order valence-electron chi connectivity index (χ1n) is 6.32. The van der Waals surface area contributed by atoms with Crippen LogP contribution in [0.3, 0.4) is 0 Å². The molecular weight excluding hydrogens is 361 g/mol. The van der Waals surface area contributed by atoms with E-state index >= 15 is 0 Å². The summed E-state index contributed by atoms with van der Waals surface area (Å²) in [4.78, 5) is 0. The van der Waals surface area contributed by atoms with Crippen molar-refractivity contribution >= 4 is 26.8 Å². The fourth-order valence-electron chi connectivity index (χ4n) is 2.29. The molecular formula is C15H10BrF3N2O. The summed E-state index contributed by atoms with van der Waals surface area (Å²) in [5, 5.41) is 5.25. The Hall–Kier alpha value is -2.02. The van der Waals surface area contributed by atoms with Crippen LogP contribution in [0.2, 0.25) is 0 Å². The van der Waals surface area contributed by atoms with Crippen LogP contribution in [-0.2, 0) is 7.05 Å². The topological polar surface area (TPSA) is 27.1 Å². The molecule has 0 saturated heterocycles. The van der Waals surface area contributed by atoms with E-state index in [2.05, 4.69) is 25.8 Å². The molecule has 0 aliphatic heterocycles. The second kappa shape index (κ2) is 5.31. The van der Waals surface area contributed by atoms with Gasteiger partial charge in [0.15, 0.2) is 0 Å². The quantitative estimate of drug-likeness (QED) is 0.641. The second-order valence-electron chi connectivity index (χ2n) is 4.71. The highest BCUT2D eigenvalue weighted by Crippen LogP contribution is 2.32. The highest BCUT2D eigenvalue weighted by molar-refractivity contribution is 9.10. The lowest BCUT2D eigenvalue weighted by Crippen LogP contribution is -2.17. The van der Waals surface area contributed by atoms with E-state index in [0.717, 1.165) is 15.4 Å². The van der Waals surface area contributed by atoms with Crippen molar-refractivity contribution in [1.29, 1.82) is 0 Å². The van der Waals surface area contributed by atoms with Gasteiger partial charge in [0, 0.05) is 22.5 Å². The maximum absolute atomic E-state index is 12.3. The molecule has 3 nitrogen and oxygen atoms in total. The van der Waals surface area contributed by atoms with Crippen molar-refractivity contribution in [2.24, 2.45) is 7.05 Å². The number of hydrogen-bond acceptors (Lipinski definition) is 2. The molecule has 0 atom stereocenters. The molecule has 0 amide bonds. The minimum absolute atomic E-state index is 0.265. The monoisotopic (exact) mass is 370 g/mol. The Bertz CT molecular complexity index is 842. The van der Waals surface area contributed by atoms with E-state index in [1.807, 2.05) is 18.2 Å². The molecule has 0 N–H and O–H groups in total. The zero-order chi connectivity index (χ0) is 15.9. The van der Waals surface area contributed by atoms with Gasteiger partial charge in [-0.25, -0.2) is 0 Å². The average Bonchev–Trinajstić information content (AvgIpc) is 2.74. The lowest BCUT2D eigenvalue weighted by Gasteiger charge is -2.09. The number of hydrogen-bond donors (Lipinski definition) is 0. The summed E-state index contributed by atoms with van der Waals surface area (Å²) in [6.07, 6.45) is -4.71. The van der Waals surface area contributed by atoms with Crippen LogP contribution < -0.4 is 4.74 Å². The maximum Gasteiger partial charge on any atom is 0.573 e. The molecule has 0 aliphatic rings. The van der Waals surface area contributed by atoms with Crippen molar-refractivity contribution in [3.63, 3.8) is 0 Å². The Kier molecular flexibility index (Phi) is 3.60. The molecule has 114 valence electrons. The first kappa shape index (κ1) is 14.9. The van der Waals surface area contributed by atoms with E-state index in [1.165, 1.54) is 18.2 Å². The molecule has 0 saturated carbocycles. The molecule has 0 spiro atoms. The number of aromatic nitrogens is 2. The van der Waals surface area contributed by atoms with Crippen LogP contribution in [-0.4, -0.2) is 16.1 Å². The van der Waals surface area contributed by atoms with E-state index in [-0.39, 0.29) is 5.75 Å². The van der Waals surface area contributed by atoms with Crippen molar-refractivity contribution in [3.8, 4) is 17.0 Å². The fourth-order valence-corrected chi connectivity index (χ4v) is 2.65. The zero-order valence-corrected chi connectivity index (χ0v) is 12.9. The SMILES string of the molecule is Cn1nc(-c2cccc(OC(F)(F)F)c2)c2cc(Br)ccc21. The van der Waals surface area contributed by atoms with Gasteiger partial charge in [-0.05, 0) is 30.3 Å². The summed E-state index contributed by atoms with van der Waals surface area (Å²) in [6, 6.07) is 11.5. The first-order valence-corrected chi connectivity index (χ1v) is 7.11. The van der Waals surface area contributed by atoms with Gasteiger partial charge in [-0.1, -0.05) is 28.1 Å². The highest BCUT2D eigenvalue weighted by Gasteiger charge is 2.31.